The van der Waals surface area contributed by atoms with Gasteiger partial charge in [-0.2, -0.15) is 0 Å². The summed E-state index contributed by atoms with van der Waals surface area (Å²) in [5, 5.41) is 9.45. The molecule has 5 heteroatoms. The molecule has 1 aromatic heterocycles. The van der Waals surface area contributed by atoms with Crippen LogP contribution in [0.2, 0.25) is 0 Å². The van der Waals surface area contributed by atoms with E-state index in [0.29, 0.717) is 11.4 Å². The second kappa shape index (κ2) is 7.01. The van der Waals surface area contributed by atoms with Crippen LogP contribution in [-0.4, -0.2) is 39.6 Å². The molecule has 2 atom stereocenters. The minimum absolute atomic E-state index is 0.00929. The largest absolute Gasteiger partial charge is 0.456 e. The van der Waals surface area contributed by atoms with Crippen molar-refractivity contribution in [3.8, 4) is 11.5 Å². The first-order valence-electron chi connectivity index (χ1n) is 8.22. The van der Waals surface area contributed by atoms with Gasteiger partial charge >= 0.3 is 0 Å². The van der Waals surface area contributed by atoms with Gasteiger partial charge in [0.25, 0.3) is 5.91 Å². The van der Waals surface area contributed by atoms with Crippen LogP contribution >= 0.6 is 0 Å². The summed E-state index contributed by atoms with van der Waals surface area (Å²) in [6.45, 7) is 4.00. The quantitative estimate of drug-likeness (QED) is 0.937. The van der Waals surface area contributed by atoms with Crippen LogP contribution in [0.25, 0.3) is 0 Å². The van der Waals surface area contributed by atoms with Gasteiger partial charge in [-0.25, -0.2) is 4.98 Å². The molecule has 2 aromatic rings. The summed E-state index contributed by atoms with van der Waals surface area (Å²) in [6, 6.07) is 11.2. The number of hydrogen-bond acceptors (Lipinski definition) is 4. The van der Waals surface area contributed by atoms with Gasteiger partial charge < -0.3 is 14.7 Å². The number of aromatic nitrogens is 1. The predicted octanol–water partition coefficient (Wildman–Crippen LogP) is 3.17. The Morgan fingerprint density at radius 3 is 2.79 bits per heavy atom. The molecule has 1 fully saturated rings. The summed E-state index contributed by atoms with van der Waals surface area (Å²) >= 11 is 0. The molecule has 2 heterocycles. The number of likely N-dealkylation sites (tertiary alicyclic amines) is 1. The summed E-state index contributed by atoms with van der Waals surface area (Å²) in [7, 11) is 0. The van der Waals surface area contributed by atoms with Crippen molar-refractivity contribution in [2.75, 3.05) is 6.61 Å². The zero-order valence-electron chi connectivity index (χ0n) is 14.0. The minimum atomic E-state index is -0.138. The standard InChI is InChI=1S/C19H22N2O3/c1-13-4-3-5-16(10-13)24-17-8-9-18(20-11-17)19(23)21-14(2)6-7-15(21)12-22/h3-5,8-11,14-15,22H,6-7,12H2,1-2H3/t14-,15-/m1/s1. The number of ether oxygens (including phenoxy) is 1. The normalized spacial score (nSPS) is 20.2. The van der Waals surface area contributed by atoms with Crippen molar-refractivity contribution < 1.29 is 14.6 Å². The minimum Gasteiger partial charge on any atom is -0.456 e. The lowest BCUT2D eigenvalue weighted by atomic mass is 10.2. The highest BCUT2D eigenvalue weighted by atomic mass is 16.5. The lowest BCUT2D eigenvalue weighted by Crippen LogP contribution is -2.42. The Kier molecular flexibility index (Phi) is 4.81. The lowest BCUT2D eigenvalue weighted by molar-refractivity contribution is 0.0606. The van der Waals surface area contributed by atoms with Crippen LogP contribution in [0.1, 0.15) is 35.8 Å². The monoisotopic (exact) mass is 326 g/mol. The third-order valence-corrected chi connectivity index (χ3v) is 4.41. The maximum absolute atomic E-state index is 12.7. The predicted molar refractivity (Wildman–Crippen MR) is 91.2 cm³/mol. The molecule has 1 N–H and O–H groups in total. The van der Waals surface area contributed by atoms with E-state index in [0.717, 1.165) is 24.2 Å². The van der Waals surface area contributed by atoms with Gasteiger partial charge in [-0.1, -0.05) is 12.1 Å². The second-order valence-corrected chi connectivity index (χ2v) is 6.27. The fraction of sp³-hybridized carbons (Fsp3) is 0.368. The van der Waals surface area contributed by atoms with E-state index < -0.39 is 0 Å². The zero-order valence-corrected chi connectivity index (χ0v) is 14.0. The SMILES string of the molecule is Cc1cccc(Oc2ccc(C(=O)N3[C@@H](CO)CC[C@H]3C)nc2)c1. The van der Waals surface area contributed by atoms with E-state index in [4.69, 9.17) is 4.74 Å². The summed E-state index contributed by atoms with van der Waals surface area (Å²) in [4.78, 5) is 18.6. The molecule has 0 spiro atoms. The number of carbonyl (C=O) groups excluding carboxylic acids is 1. The molecule has 1 aliphatic heterocycles. The van der Waals surface area contributed by atoms with Crippen molar-refractivity contribution in [3.05, 3.63) is 53.9 Å². The second-order valence-electron chi connectivity index (χ2n) is 6.27. The molecule has 1 aliphatic rings. The Morgan fingerprint density at radius 1 is 1.29 bits per heavy atom. The molecule has 0 radical (unpaired) electrons. The Hall–Kier alpha value is -2.40. The number of aliphatic hydroxyl groups is 1. The topological polar surface area (TPSA) is 62.7 Å². The van der Waals surface area contributed by atoms with Crippen molar-refractivity contribution in [2.24, 2.45) is 0 Å². The number of benzene rings is 1. The van der Waals surface area contributed by atoms with Crippen LogP contribution in [0.5, 0.6) is 11.5 Å². The number of pyridine rings is 1. The van der Waals surface area contributed by atoms with Crippen molar-refractivity contribution in [3.63, 3.8) is 0 Å². The van der Waals surface area contributed by atoms with Gasteiger partial charge in [-0.05, 0) is 56.5 Å². The lowest BCUT2D eigenvalue weighted by Gasteiger charge is -2.27. The van der Waals surface area contributed by atoms with E-state index in [-0.39, 0.29) is 24.6 Å². The molecule has 126 valence electrons. The fourth-order valence-corrected chi connectivity index (χ4v) is 3.13. The van der Waals surface area contributed by atoms with Crippen LogP contribution in [-0.2, 0) is 0 Å². The number of aliphatic hydroxyl groups excluding tert-OH is 1. The molecule has 0 saturated carbocycles. The number of aryl methyl sites for hydroxylation is 1. The van der Waals surface area contributed by atoms with Crippen LogP contribution in [0, 0.1) is 6.92 Å². The molecule has 0 bridgehead atoms. The maximum atomic E-state index is 12.7. The van der Waals surface area contributed by atoms with E-state index in [1.807, 2.05) is 38.1 Å². The van der Waals surface area contributed by atoms with Gasteiger partial charge in [-0.15, -0.1) is 0 Å². The highest BCUT2D eigenvalue weighted by Gasteiger charge is 2.34. The fourth-order valence-electron chi connectivity index (χ4n) is 3.13. The highest BCUT2D eigenvalue weighted by molar-refractivity contribution is 5.93. The number of hydrogen-bond donors (Lipinski definition) is 1. The Morgan fingerprint density at radius 2 is 2.12 bits per heavy atom. The molecular formula is C19H22N2O3. The van der Waals surface area contributed by atoms with Crippen molar-refractivity contribution in [1.82, 2.24) is 9.88 Å². The molecule has 5 nitrogen and oxygen atoms in total. The Bertz CT molecular complexity index is 715. The summed E-state index contributed by atoms with van der Waals surface area (Å²) < 4.78 is 5.76. The summed E-state index contributed by atoms with van der Waals surface area (Å²) in [6.07, 6.45) is 3.30. The number of rotatable bonds is 4. The first-order valence-corrected chi connectivity index (χ1v) is 8.22. The number of nitrogens with zero attached hydrogens (tertiary/aromatic N) is 2. The molecule has 0 aliphatic carbocycles. The highest BCUT2D eigenvalue weighted by Crippen LogP contribution is 2.26. The van der Waals surface area contributed by atoms with E-state index in [9.17, 15) is 9.90 Å². The maximum Gasteiger partial charge on any atom is 0.273 e. The average Bonchev–Trinajstić information content (AvgIpc) is 2.96. The molecule has 1 saturated heterocycles. The molecule has 1 amide bonds. The zero-order chi connectivity index (χ0) is 17.1. The van der Waals surface area contributed by atoms with E-state index >= 15 is 0 Å². The average molecular weight is 326 g/mol. The van der Waals surface area contributed by atoms with E-state index in [2.05, 4.69) is 4.98 Å². The first kappa shape index (κ1) is 16.5. The first-order chi connectivity index (χ1) is 11.6. The third kappa shape index (κ3) is 3.41. The van der Waals surface area contributed by atoms with E-state index in [1.54, 1.807) is 23.2 Å². The molecule has 0 unspecified atom stereocenters. The van der Waals surface area contributed by atoms with Crippen molar-refractivity contribution in [2.45, 2.75) is 38.8 Å². The number of carbonyl (C=O) groups is 1. The molecule has 1 aromatic carbocycles. The van der Waals surface area contributed by atoms with Gasteiger partial charge in [0.15, 0.2) is 0 Å². The van der Waals surface area contributed by atoms with Gasteiger partial charge in [0, 0.05) is 6.04 Å². The van der Waals surface area contributed by atoms with Crippen LogP contribution in [0.4, 0.5) is 0 Å². The summed E-state index contributed by atoms with van der Waals surface area (Å²) in [5.74, 6) is 1.19. The Labute approximate surface area is 141 Å². The molecule has 24 heavy (non-hydrogen) atoms. The van der Waals surface area contributed by atoms with Crippen LogP contribution in [0.3, 0.4) is 0 Å². The van der Waals surface area contributed by atoms with Gasteiger partial charge in [-0.3, -0.25) is 4.79 Å². The van der Waals surface area contributed by atoms with Gasteiger partial charge in [0.2, 0.25) is 0 Å². The van der Waals surface area contributed by atoms with Crippen LogP contribution < -0.4 is 4.74 Å². The third-order valence-electron chi connectivity index (χ3n) is 4.41. The Balaban J connectivity index is 1.73. The van der Waals surface area contributed by atoms with E-state index in [1.165, 1.54) is 0 Å². The van der Waals surface area contributed by atoms with Crippen molar-refractivity contribution in [1.29, 1.82) is 0 Å². The van der Waals surface area contributed by atoms with Gasteiger partial charge in [0.1, 0.15) is 17.2 Å². The molecular weight excluding hydrogens is 304 g/mol. The van der Waals surface area contributed by atoms with Crippen LogP contribution in [0.15, 0.2) is 42.6 Å². The van der Waals surface area contributed by atoms with Crippen molar-refractivity contribution >= 4 is 5.91 Å². The molecule has 3 rings (SSSR count). The number of amides is 1. The van der Waals surface area contributed by atoms with Gasteiger partial charge in [0.05, 0.1) is 18.8 Å². The summed E-state index contributed by atoms with van der Waals surface area (Å²) in [5.41, 5.74) is 1.49. The smallest absolute Gasteiger partial charge is 0.273 e.